The van der Waals surface area contributed by atoms with Gasteiger partial charge in [-0.2, -0.15) is 4.68 Å². The van der Waals surface area contributed by atoms with Crippen molar-refractivity contribution < 1.29 is 9.53 Å². The Morgan fingerprint density at radius 1 is 1.46 bits per heavy atom. The van der Waals surface area contributed by atoms with Crippen molar-refractivity contribution in [1.82, 2.24) is 20.2 Å². The summed E-state index contributed by atoms with van der Waals surface area (Å²) in [6.45, 7) is 5.74. The predicted octanol–water partition coefficient (Wildman–Crippen LogP) is 1.71. The summed E-state index contributed by atoms with van der Waals surface area (Å²) in [5, 5.41) is 14.2. The molecule has 0 aliphatic heterocycles. The number of methoxy groups -OCH3 is 1. The second kappa shape index (κ2) is 8.60. The minimum absolute atomic E-state index is 0. The Morgan fingerprint density at radius 2 is 2.17 bits per heavy atom. The number of hydrogen-bond donors (Lipinski definition) is 2. The molecule has 2 rings (SSSR count). The number of tetrazole rings is 1. The second-order valence-corrected chi connectivity index (χ2v) is 5.43. The van der Waals surface area contributed by atoms with Gasteiger partial charge < -0.3 is 15.8 Å². The molecular formula is C15H23ClN6O2. The van der Waals surface area contributed by atoms with Crippen molar-refractivity contribution in [3.05, 3.63) is 24.0 Å². The predicted molar refractivity (Wildman–Crippen MR) is 93.8 cm³/mol. The average molecular weight is 355 g/mol. The van der Waals surface area contributed by atoms with Gasteiger partial charge in [0.25, 0.3) is 0 Å². The number of halogens is 1. The monoisotopic (exact) mass is 354 g/mol. The van der Waals surface area contributed by atoms with Crippen LogP contribution < -0.4 is 15.8 Å². The normalized spacial score (nSPS) is 12.9. The van der Waals surface area contributed by atoms with Gasteiger partial charge in [0.1, 0.15) is 11.4 Å². The number of anilines is 1. The fourth-order valence-electron chi connectivity index (χ4n) is 2.13. The highest BCUT2D eigenvalue weighted by Gasteiger charge is 2.20. The summed E-state index contributed by atoms with van der Waals surface area (Å²) in [5.74, 6) is 1.10. The Bertz CT molecular complexity index is 690. The molecule has 2 unspecified atom stereocenters. The number of rotatable bonds is 6. The quantitative estimate of drug-likeness (QED) is 0.817. The van der Waals surface area contributed by atoms with Gasteiger partial charge in [0.15, 0.2) is 5.82 Å². The first kappa shape index (κ1) is 19.9. The average Bonchev–Trinajstić information content (AvgIpc) is 2.99. The van der Waals surface area contributed by atoms with Crippen LogP contribution in [0.4, 0.5) is 5.69 Å². The third-order valence-electron chi connectivity index (χ3n) is 3.86. The topological polar surface area (TPSA) is 108 Å². The summed E-state index contributed by atoms with van der Waals surface area (Å²) in [6, 6.07) is 4.70. The first-order valence-corrected chi connectivity index (χ1v) is 7.47. The molecule has 0 spiro atoms. The fourth-order valence-corrected chi connectivity index (χ4v) is 2.13. The Balaban J connectivity index is 0.00000288. The summed E-state index contributed by atoms with van der Waals surface area (Å²) < 4.78 is 6.88. The lowest BCUT2D eigenvalue weighted by Crippen LogP contribution is -2.40. The molecule has 1 aromatic heterocycles. The Morgan fingerprint density at radius 3 is 2.71 bits per heavy atom. The summed E-state index contributed by atoms with van der Waals surface area (Å²) in [7, 11) is 1.57. The second-order valence-electron chi connectivity index (χ2n) is 5.43. The molecular weight excluding hydrogens is 332 g/mol. The molecule has 1 amide bonds. The maximum atomic E-state index is 12.2. The van der Waals surface area contributed by atoms with Crippen molar-refractivity contribution >= 4 is 24.0 Å². The molecule has 3 N–H and O–H groups in total. The standard InChI is InChI=1S/C15H22N6O2.ClH/c1-5-9(2)14(16)15(22)17-11-6-7-13(23-4)12(8-11)21-10(3)18-19-20-21;/h6-9,14H,5,16H2,1-4H3,(H,17,22);1H. The van der Waals surface area contributed by atoms with E-state index in [1.807, 2.05) is 13.8 Å². The van der Waals surface area contributed by atoms with Crippen LogP contribution in [0.15, 0.2) is 18.2 Å². The van der Waals surface area contributed by atoms with E-state index in [0.717, 1.165) is 6.42 Å². The molecule has 2 aromatic rings. The lowest BCUT2D eigenvalue weighted by molar-refractivity contribution is -0.118. The number of aromatic nitrogens is 4. The highest BCUT2D eigenvalue weighted by Crippen LogP contribution is 2.26. The molecule has 0 radical (unpaired) electrons. The number of aryl methyl sites for hydroxylation is 1. The van der Waals surface area contributed by atoms with Crippen LogP contribution in [0, 0.1) is 12.8 Å². The van der Waals surface area contributed by atoms with Gasteiger partial charge in [0.2, 0.25) is 5.91 Å². The molecule has 2 atom stereocenters. The maximum absolute atomic E-state index is 12.2. The summed E-state index contributed by atoms with van der Waals surface area (Å²) in [4.78, 5) is 12.2. The van der Waals surface area contributed by atoms with E-state index >= 15 is 0 Å². The first-order chi connectivity index (χ1) is 11.0. The van der Waals surface area contributed by atoms with Gasteiger partial charge >= 0.3 is 0 Å². The smallest absolute Gasteiger partial charge is 0.241 e. The van der Waals surface area contributed by atoms with Crippen LogP contribution in [0.2, 0.25) is 0 Å². The molecule has 0 saturated heterocycles. The number of ether oxygens (including phenoxy) is 1. The van der Waals surface area contributed by atoms with Gasteiger partial charge in [-0.1, -0.05) is 20.3 Å². The van der Waals surface area contributed by atoms with E-state index in [9.17, 15) is 4.79 Å². The van der Waals surface area contributed by atoms with Crippen molar-refractivity contribution in [2.45, 2.75) is 33.2 Å². The van der Waals surface area contributed by atoms with Crippen LogP contribution in [0.3, 0.4) is 0 Å². The number of nitrogens with two attached hydrogens (primary N) is 1. The van der Waals surface area contributed by atoms with Crippen LogP contribution in [0.25, 0.3) is 5.69 Å². The number of benzene rings is 1. The van der Waals surface area contributed by atoms with Crippen LogP contribution in [-0.4, -0.2) is 39.3 Å². The van der Waals surface area contributed by atoms with Crippen molar-refractivity contribution in [3.63, 3.8) is 0 Å². The molecule has 0 aliphatic rings. The molecule has 132 valence electrons. The molecule has 0 fully saturated rings. The maximum Gasteiger partial charge on any atom is 0.241 e. The van der Waals surface area contributed by atoms with Crippen LogP contribution in [0.1, 0.15) is 26.1 Å². The van der Waals surface area contributed by atoms with Crippen molar-refractivity contribution in [3.8, 4) is 11.4 Å². The summed E-state index contributed by atoms with van der Waals surface area (Å²) in [6.07, 6.45) is 0.840. The Kier molecular flexibility index (Phi) is 7.12. The number of nitrogens with one attached hydrogen (secondary N) is 1. The van der Waals surface area contributed by atoms with Crippen molar-refractivity contribution in [2.75, 3.05) is 12.4 Å². The minimum atomic E-state index is -0.555. The fraction of sp³-hybridized carbons (Fsp3) is 0.467. The van der Waals surface area contributed by atoms with Gasteiger partial charge in [-0.25, -0.2) is 0 Å². The van der Waals surface area contributed by atoms with E-state index in [2.05, 4.69) is 20.8 Å². The molecule has 0 saturated carbocycles. The number of carbonyl (C=O) groups excluding carboxylic acids is 1. The zero-order valence-electron chi connectivity index (χ0n) is 14.2. The molecule has 24 heavy (non-hydrogen) atoms. The van der Waals surface area contributed by atoms with E-state index in [0.29, 0.717) is 22.9 Å². The number of nitrogens with zero attached hydrogens (tertiary/aromatic N) is 4. The molecule has 0 bridgehead atoms. The molecule has 8 nitrogen and oxygen atoms in total. The number of hydrogen-bond acceptors (Lipinski definition) is 6. The van der Waals surface area contributed by atoms with Crippen molar-refractivity contribution in [2.24, 2.45) is 11.7 Å². The van der Waals surface area contributed by atoms with Gasteiger partial charge in [-0.3, -0.25) is 4.79 Å². The van der Waals surface area contributed by atoms with Crippen LogP contribution in [-0.2, 0) is 4.79 Å². The van der Waals surface area contributed by atoms with E-state index in [1.54, 1.807) is 36.9 Å². The van der Waals surface area contributed by atoms with E-state index < -0.39 is 6.04 Å². The van der Waals surface area contributed by atoms with E-state index in [-0.39, 0.29) is 24.2 Å². The summed E-state index contributed by atoms with van der Waals surface area (Å²) >= 11 is 0. The van der Waals surface area contributed by atoms with Gasteiger partial charge in [-0.15, -0.1) is 17.5 Å². The SMILES string of the molecule is CCC(C)C(N)C(=O)Nc1ccc(OC)c(-n2nnnc2C)c1.Cl. The lowest BCUT2D eigenvalue weighted by atomic mass is 9.99. The Labute approximate surface area is 147 Å². The van der Waals surface area contributed by atoms with E-state index in [1.165, 1.54) is 0 Å². The zero-order chi connectivity index (χ0) is 17.0. The van der Waals surface area contributed by atoms with Crippen LogP contribution in [0.5, 0.6) is 5.75 Å². The zero-order valence-corrected chi connectivity index (χ0v) is 15.0. The molecule has 0 aliphatic carbocycles. The van der Waals surface area contributed by atoms with Crippen molar-refractivity contribution in [1.29, 1.82) is 0 Å². The highest BCUT2D eigenvalue weighted by atomic mass is 35.5. The Hall–Kier alpha value is -2.19. The number of carbonyl (C=O) groups is 1. The molecule has 1 heterocycles. The molecule has 9 heteroatoms. The van der Waals surface area contributed by atoms with Gasteiger partial charge in [-0.05, 0) is 41.5 Å². The number of amides is 1. The van der Waals surface area contributed by atoms with Gasteiger partial charge in [0, 0.05) is 5.69 Å². The third-order valence-corrected chi connectivity index (χ3v) is 3.86. The third kappa shape index (κ3) is 4.21. The van der Waals surface area contributed by atoms with E-state index in [4.69, 9.17) is 10.5 Å². The van der Waals surface area contributed by atoms with Crippen LogP contribution >= 0.6 is 12.4 Å². The first-order valence-electron chi connectivity index (χ1n) is 7.47. The largest absolute Gasteiger partial charge is 0.494 e. The summed E-state index contributed by atoms with van der Waals surface area (Å²) in [5.41, 5.74) is 7.21. The minimum Gasteiger partial charge on any atom is -0.494 e. The van der Waals surface area contributed by atoms with Gasteiger partial charge in [0.05, 0.1) is 13.2 Å². The molecule has 1 aromatic carbocycles. The highest BCUT2D eigenvalue weighted by molar-refractivity contribution is 5.95. The lowest BCUT2D eigenvalue weighted by Gasteiger charge is -2.18.